The highest BCUT2D eigenvalue weighted by Crippen LogP contribution is 2.33. The van der Waals surface area contributed by atoms with Gasteiger partial charge in [-0.15, -0.1) is 0 Å². The third-order valence-corrected chi connectivity index (χ3v) is 7.22. The summed E-state index contributed by atoms with van der Waals surface area (Å²) >= 11 is 0. The molecule has 2 rings (SSSR count). The second-order valence-corrected chi connectivity index (χ2v) is 11.1. The molecule has 0 radical (unpaired) electrons. The second kappa shape index (κ2) is 19.8. The standard InChI is InChI=1S/C31H49N3O9/c1-5-6-7-8-9-10-11-12-13-14-15-16-17-18-27(38)32-26-19-20-34(31(39)33-26)30-29(42-24(4)37)28(41-23(3)36)25(43-30)21-40-22(2)35/h19-20,25,28-30H,5-18,21H2,1-4H3,(H,32,33,38,39)/t25-,28-,29-,30-/m1/s1. The minimum Gasteiger partial charge on any atom is -0.463 e. The molecule has 1 aromatic rings. The Balaban J connectivity index is 1.83. The number of unbranched alkanes of at least 4 members (excludes halogenated alkanes) is 12. The third-order valence-electron chi connectivity index (χ3n) is 7.22. The molecule has 1 N–H and O–H groups in total. The molecular formula is C31H49N3O9. The smallest absolute Gasteiger partial charge is 0.351 e. The molecule has 0 bridgehead atoms. The number of nitrogens with zero attached hydrogens (tertiary/aromatic N) is 2. The molecule has 1 aliphatic heterocycles. The van der Waals surface area contributed by atoms with Crippen LogP contribution >= 0.6 is 0 Å². The molecule has 0 saturated carbocycles. The van der Waals surface area contributed by atoms with E-state index in [2.05, 4.69) is 17.2 Å². The number of rotatable bonds is 20. The Kier molecular flexibility index (Phi) is 16.6. The number of amides is 1. The van der Waals surface area contributed by atoms with E-state index in [-0.39, 0.29) is 18.3 Å². The molecule has 12 nitrogen and oxygen atoms in total. The summed E-state index contributed by atoms with van der Waals surface area (Å²) in [4.78, 5) is 64.2. The number of hydrogen-bond acceptors (Lipinski definition) is 10. The zero-order chi connectivity index (χ0) is 31.6. The number of nitrogens with one attached hydrogen (secondary N) is 1. The molecule has 1 aromatic heterocycles. The van der Waals surface area contributed by atoms with Gasteiger partial charge >= 0.3 is 23.6 Å². The lowest BCUT2D eigenvalue weighted by molar-refractivity contribution is -0.166. The molecule has 12 heteroatoms. The number of aromatic nitrogens is 2. The largest absolute Gasteiger partial charge is 0.463 e. The van der Waals surface area contributed by atoms with Crippen molar-refractivity contribution in [3.05, 3.63) is 22.7 Å². The van der Waals surface area contributed by atoms with Crippen molar-refractivity contribution in [2.75, 3.05) is 11.9 Å². The van der Waals surface area contributed by atoms with Gasteiger partial charge in [0.05, 0.1) is 0 Å². The van der Waals surface area contributed by atoms with Gasteiger partial charge < -0.3 is 24.3 Å². The Hall–Kier alpha value is -3.28. The summed E-state index contributed by atoms with van der Waals surface area (Å²) in [5, 5.41) is 2.65. The molecule has 1 aliphatic rings. The van der Waals surface area contributed by atoms with Gasteiger partial charge in [0.1, 0.15) is 18.5 Å². The van der Waals surface area contributed by atoms with Crippen LogP contribution in [0.3, 0.4) is 0 Å². The van der Waals surface area contributed by atoms with Gasteiger partial charge in [-0.2, -0.15) is 4.98 Å². The van der Waals surface area contributed by atoms with Crippen LogP contribution in [0.4, 0.5) is 5.82 Å². The fourth-order valence-electron chi connectivity index (χ4n) is 5.10. The number of carbonyl (C=O) groups is 4. The highest BCUT2D eigenvalue weighted by atomic mass is 16.7. The Morgan fingerprint density at radius 1 is 0.814 bits per heavy atom. The lowest BCUT2D eigenvalue weighted by Crippen LogP contribution is -2.41. The molecular weight excluding hydrogens is 558 g/mol. The molecule has 4 atom stereocenters. The second-order valence-electron chi connectivity index (χ2n) is 11.1. The lowest BCUT2D eigenvalue weighted by Gasteiger charge is -2.23. The van der Waals surface area contributed by atoms with Crippen LogP contribution in [-0.4, -0.2) is 58.3 Å². The zero-order valence-corrected chi connectivity index (χ0v) is 26.1. The highest BCUT2D eigenvalue weighted by molar-refractivity contribution is 5.89. The molecule has 1 saturated heterocycles. The molecule has 0 aromatic carbocycles. The third kappa shape index (κ3) is 13.7. The topological polar surface area (TPSA) is 152 Å². The van der Waals surface area contributed by atoms with Gasteiger partial charge in [0.25, 0.3) is 0 Å². The van der Waals surface area contributed by atoms with Crippen molar-refractivity contribution >= 4 is 29.6 Å². The van der Waals surface area contributed by atoms with Crippen molar-refractivity contribution < 1.29 is 38.1 Å². The van der Waals surface area contributed by atoms with E-state index in [0.717, 1.165) is 30.8 Å². The minimum absolute atomic E-state index is 0.0796. The van der Waals surface area contributed by atoms with Crippen molar-refractivity contribution in [2.24, 2.45) is 0 Å². The number of anilines is 1. The van der Waals surface area contributed by atoms with E-state index >= 15 is 0 Å². The van der Waals surface area contributed by atoms with E-state index in [1.807, 2.05) is 0 Å². The van der Waals surface area contributed by atoms with Gasteiger partial charge in [0.2, 0.25) is 5.91 Å². The van der Waals surface area contributed by atoms with Crippen LogP contribution in [0.2, 0.25) is 0 Å². The first-order valence-corrected chi connectivity index (χ1v) is 15.6. The summed E-state index contributed by atoms with van der Waals surface area (Å²) in [5.74, 6) is -2.11. The minimum atomic E-state index is -1.22. The number of esters is 3. The van der Waals surface area contributed by atoms with E-state index in [1.165, 1.54) is 90.3 Å². The summed E-state index contributed by atoms with van der Waals surface area (Å²) in [6.45, 7) is 5.48. The molecule has 1 fully saturated rings. The molecule has 0 spiro atoms. The first kappa shape index (κ1) is 35.9. The van der Waals surface area contributed by atoms with E-state index in [1.54, 1.807) is 0 Å². The summed E-state index contributed by atoms with van der Waals surface area (Å²) in [6, 6.07) is 1.43. The number of ether oxygens (including phenoxy) is 4. The van der Waals surface area contributed by atoms with E-state index in [9.17, 15) is 24.0 Å². The van der Waals surface area contributed by atoms with Gasteiger partial charge in [0, 0.05) is 33.4 Å². The van der Waals surface area contributed by atoms with Crippen molar-refractivity contribution in [2.45, 2.75) is 142 Å². The zero-order valence-electron chi connectivity index (χ0n) is 26.1. The Labute approximate surface area is 254 Å². The summed E-state index contributed by atoms with van der Waals surface area (Å²) in [5.41, 5.74) is -0.782. The van der Waals surface area contributed by atoms with Gasteiger partial charge in [-0.25, -0.2) is 4.79 Å². The fraction of sp³-hybridized carbons (Fsp3) is 0.742. The number of carbonyl (C=O) groups excluding carboxylic acids is 4. The summed E-state index contributed by atoms with van der Waals surface area (Å²) in [6.07, 6.45) is 12.9. The Morgan fingerprint density at radius 3 is 1.86 bits per heavy atom. The van der Waals surface area contributed by atoms with Gasteiger partial charge in [0.15, 0.2) is 18.4 Å². The maximum Gasteiger partial charge on any atom is 0.351 e. The fourth-order valence-corrected chi connectivity index (χ4v) is 5.10. The monoisotopic (exact) mass is 607 g/mol. The highest BCUT2D eigenvalue weighted by Gasteiger charge is 2.51. The van der Waals surface area contributed by atoms with Crippen molar-refractivity contribution in [1.82, 2.24) is 9.55 Å². The Morgan fingerprint density at radius 2 is 1.35 bits per heavy atom. The Bertz CT molecular complexity index is 1090. The van der Waals surface area contributed by atoms with E-state index in [0.29, 0.717) is 6.42 Å². The van der Waals surface area contributed by atoms with E-state index in [4.69, 9.17) is 18.9 Å². The van der Waals surface area contributed by atoms with Gasteiger partial charge in [-0.05, 0) is 12.5 Å². The molecule has 2 heterocycles. The maximum atomic E-state index is 12.9. The van der Waals surface area contributed by atoms with Gasteiger partial charge in [-0.3, -0.25) is 23.7 Å². The van der Waals surface area contributed by atoms with Crippen LogP contribution in [0.15, 0.2) is 17.1 Å². The van der Waals surface area contributed by atoms with Gasteiger partial charge in [-0.1, -0.05) is 84.0 Å². The van der Waals surface area contributed by atoms with Crippen molar-refractivity contribution in [3.8, 4) is 0 Å². The quantitative estimate of drug-likeness (QED) is 0.122. The van der Waals surface area contributed by atoms with E-state index < -0.39 is 48.1 Å². The predicted molar refractivity (Wildman–Crippen MR) is 159 cm³/mol. The predicted octanol–water partition coefficient (Wildman–Crippen LogP) is 4.99. The average Bonchev–Trinajstić information content (AvgIpc) is 3.25. The molecule has 0 aliphatic carbocycles. The van der Waals surface area contributed by atoms with Crippen LogP contribution < -0.4 is 11.0 Å². The van der Waals surface area contributed by atoms with Crippen LogP contribution in [0.25, 0.3) is 0 Å². The average molecular weight is 608 g/mol. The van der Waals surface area contributed by atoms with Crippen LogP contribution in [0.1, 0.15) is 124 Å². The molecule has 242 valence electrons. The number of hydrogen-bond donors (Lipinski definition) is 1. The van der Waals surface area contributed by atoms with Crippen LogP contribution in [-0.2, 0) is 38.1 Å². The molecule has 43 heavy (non-hydrogen) atoms. The SMILES string of the molecule is CCCCCCCCCCCCCCCC(=O)Nc1ccn([C@@H]2O[C@H](COC(C)=O)[C@@H](OC(C)=O)[C@H]2OC(C)=O)c(=O)n1. The van der Waals surface area contributed by atoms with Crippen LogP contribution in [0.5, 0.6) is 0 Å². The first-order valence-electron chi connectivity index (χ1n) is 15.6. The normalized spacial score (nSPS) is 19.5. The maximum absolute atomic E-state index is 12.9. The molecule has 1 amide bonds. The summed E-state index contributed by atoms with van der Waals surface area (Å²) in [7, 11) is 0. The van der Waals surface area contributed by atoms with Crippen molar-refractivity contribution in [3.63, 3.8) is 0 Å². The summed E-state index contributed by atoms with van der Waals surface area (Å²) < 4.78 is 22.6. The lowest BCUT2D eigenvalue weighted by atomic mass is 10.0. The van der Waals surface area contributed by atoms with Crippen LogP contribution in [0, 0.1) is 0 Å². The molecule has 0 unspecified atom stereocenters. The first-order chi connectivity index (χ1) is 20.6. The van der Waals surface area contributed by atoms with Crippen molar-refractivity contribution in [1.29, 1.82) is 0 Å².